The normalized spacial score (nSPS) is 12.0. The van der Waals surface area contributed by atoms with Gasteiger partial charge in [-0.3, -0.25) is 4.79 Å². The summed E-state index contributed by atoms with van der Waals surface area (Å²) in [7, 11) is 1.66. The fraction of sp³-hybridized carbons (Fsp3) is 0.312. The molecule has 0 unspecified atom stereocenters. The highest BCUT2D eigenvalue weighted by Gasteiger charge is 2.14. The number of hydrogen-bond donors (Lipinski definition) is 1. The summed E-state index contributed by atoms with van der Waals surface area (Å²) >= 11 is 6.72. The van der Waals surface area contributed by atoms with E-state index in [4.69, 9.17) is 4.74 Å². The summed E-state index contributed by atoms with van der Waals surface area (Å²) in [5, 5.41) is 4.88. The van der Waals surface area contributed by atoms with Crippen LogP contribution in [0.3, 0.4) is 0 Å². The zero-order chi connectivity index (χ0) is 15.9. The average Bonchev–Trinajstić information content (AvgIpc) is 3.03. The first-order valence-corrected chi connectivity index (χ1v) is 9.56. The quantitative estimate of drug-likeness (QED) is 0.746. The lowest BCUT2D eigenvalue weighted by Crippen LogP contribution is -2.30. The first-order valence-electron chi connectivity index (χ1n) is 6.84. The Bertz CT molecular complexity index is 617. The van der Waals surface area contributed by atoms with Crippen LogP contribution in [0.2, 0.25) is 0 Å². The van der Waals surface area contributed by atoms with Crippen LogP contribution >= 0.6 is 39.0 Å². The highest BCUT2D eigenvalue weighted by Crippen LogP contribution is 2.28. The van der Waals surface area contributed by atoms with Crippen LogP contribution < -0.4 is 10.1 Å². The molecule has 2 rings (SSSR count). The third-order valence-electron chi connectivity index (χ3n) is 3.12. The maximum atomic E-state index is 12.1. The number of ether oxygens (including phenoxy) is 1. The van der Waals surface area contributed by atoms with E-state index in [0.29, 0.717) is 6.54 Å². The molecular formula is C16H18BrNO2S2. The van der Waals surface area contributed by atoms with E-state index in [0.717, 1.165) is 21.5 Å². The minimum Gasteiger partial charge on any atom is -0.496 e. The van der Waals surface area contributed by atoms with Crippen LogP contribution in [0, 0.1) is 0 Å². The van der Waals surface area contributed by atoms with Crippen LogP contribution in [0.5, 0.6) is 5.75 Å². The molecule has 0 radical (unpaired) electrons. The summed E-state index contributed by atoms with van der Waals surface area (Å²) in [6, 6.07) is 9.92. The maximum absolute atomic E-state index is 12.1. The molecule has 6 heteroatoms. The molecule has 0 aliphatic heterocycles. The third kappa shape index (κ3) is 5.04. The topological polar surface area (TPSA) is 38.3 Å². The van der Waals surface area contributed by atoms with Gasteiger partial charge < -0.3 is 10.1 Å². The van der Waals surface area contributed by atoms with E-state index < -0.39 is 0 Å². The van der Waals surface area contributed by atoms with Crippen molar-refractivity contribution in [3.8, 4) is 5.75 Å². The molecule has 1 heterocycles. The van der Waals surface area contributed by atoms with E-state index in [-0.39, 0.29) is 11.2 Å². The van der Waals surface area contributed by atoms with Crippen LogP contribution in [0.1, 0.15) is 17.4 Å². The summed E-state index contributed by atoms with van der Waals surface area (Å²) in [5.41, 5.74) is 1.08. The monoisotopic (exact) mass is 399 g/mol. The van der Waals surface area contributed by atoms with Crippen molar-refractivity contribution >= 4 is 44.9 Å². The molecule has 1 aromatic heterocycles. The Morgan fingerprint density at radius 3 is 2.95 bits per heavy atom. The summed E-state index contributed by atoms with van der Waals surface area (Å²) < 4.78 is 6.37. The number of halogens is 1. The SMILES string of the molecule is COc1ccc(Br)cc1CS[C@@H](C)C(=O)NCc1cccs1. The molecule has 1 N–H and O–H groups in total. The van der Waals surface area contributed by atoms with Crippen molar-refractivity contribution < 1.29 is 9.53 Å². The Morgan fingerprint density at radius 1 is 1.45 bits per heavy atom. The van der Waals surface area contributed by atoms with Gasteiger partial charge in [-0.05, 0) is 36.6 Å². The fourth-order valence-electron chi connectivity index (χ4n) is 1.88. The Balaban J connectivity index is 1.85. The zero-order valence-electron chi connectivity index (χ0n) is 12.5. The lowest BCUT2D eigenvalue weighted by atomic mass is 10.2. The lowest BCUT2D eigenvalue weighted by molar-refractivity contribution is -0.120. The van der Waals surface area contributed by atoms with Crippen LogP contribution in [0.4, 0.5) is 0 Å². The standard InChI is InChI=1S/C16H18BrNO2S2/c1-11(16(19)18-9-14-4-3-7-21-14)22-10-12-8-13(17)5-6-15(12)20-2/h3-8,11H,9-10H2,1-2H3,(H,18,19)/t11-/m0/s1. The number of hydrogen-bond acceptors (Lipinski definition) is 4. The van der Waals surface area contributed by atoms with Crippen molar-refractivity contribution in [3.63, 3.8) is 0 Å². The van der Waals surface area contributed by atoms with Gasteiger partial charge in [-0.25, -0.2) is 0 Å². The maximum Gasteiger partial charge on any atom is 0.233 e. The molecule has 0 aliphatic rings. The summed E-state index contributed by atoms with van der Waals surface area (Å²) in [4.78, 5) is 13.3. The number of methoxy groups -OCH3 is 1. The van der Waals surface area contributed by atoms with E-state index in [1.807, 2.05) is 42.6 Å². The molecule has 3 nitrogen and oxygen atoms in total. The third-order valence-corrected chi connectivity index (χ3v) is 5.68. The van der Waals surface area contributed by atoms with Gasteiger partial charge in [0.2, 0.25) is 5.91 Å². The highest BCUT2D eigenvalue weighted by molar-refractivity contribution is 9.10. The second kappa shape index (κ2) is 8.60. The number of carbonyl (C=O) groups is 1. The first kappa shape index (κ1) is 17.4. The molecule has 1 amide bonds. The molecular weight excluding hydrogens is 382 g/mol. The molecule has 0 saturated heterocycles. The predicted molar refractivity (Wildman–Crippen MR) is 97.6 cm³/mol. The van der Waals surface area contributed by atoms with Crippen molar-refractivity contribution in [2.75, 3.05) is 7.11 Å². The molecule has 118 valence electrons. The van der Waals surface area contributed by atoms with Crippen molar-refractivity contribution in [1.82, 2.24) is 5.32 Å². The van der Waals surface area contributed by atoms with Gasteiger partial charge in [0.05, 0.1) is 18.9 Å². The van der Waals surface area contributed by atoms with Gasteiger partial charge in [-0.1, -0.05) is 22.0 Å². The number of carbonyl (C=O) groups excluding carboxylic acids is 1. The van der Waals surface area contributed by atoms with Crippen molar-refractivity contribution in [1.29, 1.82) is 0 Å². The molecule has 0 fully saturated rings. The van der Waals surface area contributed by atoms with Gasteiger partial charge in [0.15, 0.2) is 0 Å². The predicted octanol–water partition coefficient (Wildman–Crippen LogP) is 4.46. The van der Waals surface area contributed by atoms with Crippen LogP contribution in [0.25, 0.3) is 0 Å². The van der Waals surface area contributed by atoms with Crippen LogP contribution in [-0.4, -0.2) is 18.3 Å². The Morgan fingerprint density at radius 2 is 2.27 bits per heavy atom. The number of thioether (sulfide) groups is 1. The highest BCUT2D eigenvalue weighted by atomic mass is 79.9. The van der Waals surface area contributed by atoms with Gasteiger partial charge in [-0.15, -0.1) is 23.1 Å². The van der Waals surface area contributed by atoms with E-state index in [2.05, 4.69) is 21.2 Å². The van der Waals surface area contributed by atoms with Crippen LogP contribution in [-0.2, 0) is 17.1 Å². The van der Waals surface area contributed by atoms with Gasteiger partial charge in [0, 0.05) is 20.7 Å². The minimum absolute atomic E-state index is 0.0624. The molecule has 0 saturated carbocycles. The Hall–Kier alpha value is -0.980. The van der Waals surface area contributed by atoms with E-state index in [1.165, 1.54) is 4.88 Å². The second-order valence-electron chi connectivity index (χ2n) is 4.71. The zero-order valence-corrected chi connectivity index (χ0v) is 15.7. The van der Waals surface area contributed by atoms with Crippen LogP contribution in [0.15, 0.2) is 40.2 Å². The first-order chi connectivity index (χ1) is 10.6. The largest absolute Gasteiger partial charge is 0.496 e. The molecule has 0 aliphatic carbocycles. The smallest absolute Gasteiger partial charge is 0.233 e. The molecule has 2 aromatic rings. The summed E-state index contributed by atoms with van der Waals surface area (Å²) in [6.07, 6.45) is 0. The number of rotatable bonds is 7. The molecule has 22 heavy (non-hydrogen) atoms. The molecule has 0 bridgehead atoms. The number of amides is 1. The summed E-state index contributed by atoms with van der Waals surface area (Å²) in [6.45, 7) is 2.53. The van der Waals surface area contributed by atoms with Gasteiger partial charge in [0.1, 0.15) is 5.75 Å². The summed E-state index contributed by atoms with van der Waals surface area (Å²) in [5.74, 6) is 1.64. The molecule has 1 atom stereocenters. The van der Waals surface area contributed by atoms with Gasteiger partial charge in [-0.2, -0.15) is 0 Å². The minimum atomic E-state index is -0.108. The van der Waals surface area contributed by atoms with Crippen molar-refractivity contribution in [2.24, 2.45) is 0 Å². The van der Waals surface area contributed by atoms with Gasteiger partial charge >= 0.3 is 0 Å². The second-order valence-corrected chi connectivity index (χ2v) is 7.98. The van der Waals surface area contributed by atoms with E-state index in [9.17, 15) is 4.79 Å². The number of benzene rings is 1. The van der Waals surface area contributed by atoms with Crippen molar-refractivity contribution in [3.05, 3.63) is 50.6 Å². The lowest BCUT2D eigenvalue weighted by Gasteiger charge is -2.13. The number of thiophene rings is 1. The van der Waals surface area contributed by atoms with Gasteiger partial charge in [0.25, 0.3) is 0 Å². The fourth-order valence-corrected chi connectivity index (χ4v) is 3.82. The Kier molecular flexibility index (Phi) is 6.79. The van der Waals surface area contributed by atoms with Crippen molar-refractivity contribution in [2.45, 2.75) is 24.5 Å². The average molecular weight is 400 g/mol. The van der Waals surface area contributed by atoms with E-state index >= 15 is 0 Å². The molecule has 1 aromatic carbocycles. The van der Waals surface area contributed by atoms with E-state index in [1.54, 1.807) is 30.2 Å². The Labute approximate surface area is 147 Å². The number of nitrogens with one attached hydrogen (secondary N) is 1. The molecule has 0 spiro atoms.